The van der Waals surface area contributed by atoms with Crippen LogP contribution in [-0.4, -0.2) is 20.1 Å². The number of aromatic nitrogens is 3. The molecule has 21 heavy (non-hydrogen) atoms. The van der Waals surface area contributed by atoms with E-state index in [4.69, 9.17) is 0 Å². The molecule has 0 unspecified atom stereocenters. The van der Waals surface area contributed by atoms with E-state index in [0.29, 0.717) is 17.9 Å². The molecule has 8 heteroatoms. The van der Waals surface area contributed by atoms with E-state index >= 15 is 0 Å². The summed E-state index contributed by atoms with van der Waals surface area (Å²) < 4.78 is 0.809. The zero-order valence-electron chi connectivity index (χ0n) is 11.1. The van der Waals surface area contributed by atoms with Crippen molar-refractivity contribution in [3.8, 4) is 0 Å². The average molecular weight is 301 g/mol. The van der Waals surface area contributed by atoms with Crippen LogP contribution < -0.4 is 5.32 Å². The summed E-state index contributed by atoms with van der Waals surface area (Å²) in [5, 5.41) is 22.8. The van der Waals surface area contributed by atoms with Crippen LogP contribution in [0.5, 0.6) is 0 Å². The minimum atomic E-state index is -0.395. The predicted molar refractivity (Wildman–Crippen MR) is 80.4 cm³/mol. The smallest absolute Gasteiger partial charge is 0.293 e. The standard InChI is InChI=1S/C13H11N5O2S/c1-8-16-11-5-10(12(18(19)20)6-13(11)21-8)14-7-9-3-2-4-15-17-9/h2-6,14H,7H2,1H3. The second-order valence-corrected chi connectivity index (χ2v) is 5.63. The van der Waals surface area contributed by atoms with Crippen LogP contribution in [-0.2, 0) is 6.54 Å². The normalized spacial score (nSPS) is 10.7. The third kappa shape index (κ3) is 2.79. The molecule has 1 aromatic carbocycles. The molecule has 0 aliphatic heterocycles. The van der Waals surface area contributed by atoms with Crippen LogP contribution in [0.3, 0.4) is 0 Å². The lowest BCUT2D eigenvalue weighted by molar-refractivity contribution is -0.383. The lowest BCUT2D eigenvalue weighted by Crippen LogP contribution is -2.04. The number of rotatable bonds is 4. The summed E-state index contributed by atoms with van der Waals surface area (Å²) in [6.07, 6.45) is 1.58. The summed E-state index contributed by atoms with van der Waals surface area (Å²) in [5.74, 6) is 0. The fraction of sp³-hybridized carbons (Fsp3) is 0.154. The Morgan fingerprint density at radius 1 is 1.43 bits per heavy atom. The maximum Gasteiger partial charge on any atom is 0.293 e. The topological polar surface area (TPSA) is 93.8 Å². The van der Waals surface area contributed by atoms with Crippen molar-refractivity contribution in [2.75, 3.05) is 5.32 Å². The first-order chi connectivity index (χ1) is 10.1. The summed E-state index contributed by atoms with van der Waals surface area (Å²) in [4.78, 5) is 15.2. The molecule has 0 radical (unpaired) electrons. The van der Waals surface area contributed by atoms with Gasteiger partial charge in [-0.1, -0.05) is 0 Å². The first-order valence-corrected chi connectivity index (χ1v) is 7.01. The molecule has 2 heterocycles. The number of hydrogen-bond acceptors (Lipinski definition) is 7. The van der Waals surface area contributed by atoms with Crippen molar-refractivity contribution < 1.29 is 4.92 Å². The number of nitro benzene ring substituents is 1. The number of aryl methyl sites for hydroxylation is 1. The number of fused-ring (bicyclic) bond motifs is 1. The van der Waals surface area contributed by atoms with Crippen LogP contribution in [0.25, 0.3) is 10.2 Å². The zero-order valence-corrected chi connectivity index (χ0v) is 11.9. The van der Waals surface area contributed by atoms with Crippen molar-refractivity contribution in [3.05, 3.63) is 51.3 Å². The lowest BCUT2D eigenvalue weighted by Gasteiger charge is -2.06. The Hall–Kier alpha value is -2.61. The van der Waals surface area contributed by atoms with Crippen LogP contribution in [0.15, 0.2) is 30.5 Å². The molecule has 0 aliphatic carbocycles. The fourth-order valence-corrected chi connectivity index (χ4v) is 2.83. The summed E-state index contributed by atoms with van der Waals surface area (Å²) >= 11 is 1.44. The molecule has 3 rings (SSSR count). The molecule has 0 bridgehead atoms. The van der Waals surface area contributed by atoms with Gasteiger partial charge >= 0.3 is 0 Å². The number of benzene rings is 1. The molecule has 0 amide bonds. The summed E-state index contributed by atoms with van der Waals surface area (Å²) in [5.41, 5.74) is 1.93. The van der Waals surface area contributed by atoms with E-state index in [9.17, 15) is 10.1 Å². The van der Waals surface area contributed by atoms with Crippen LogP contribution in [0.4, 0.5) is 11.4 Å². The largest absolute Gasteiger partial charge is 0.374 e. The Kier molecular flexibility index (Phi) is 3.44. The Labute approximate surface area is 123 Å². The molecule has 1 N–H and O–H groups in total. The van der Waals surface area contributed by atoms with Gasteiger partial charge in [-0.3, -0.25) is 10.1 Å². The van der Waals surface area contributed by atoms with E-state index in [2.05, 4.69) is 20.5 Å². The first-order valence-electron chi connectivity index (χ1n) is 6.19. The molecule has 3 aromatic rings. The van der Waals surface area contributed by atoms with Gasteiger partial charge in [-0.15, -0.1) is 11.3 Å². The van der Waals surface area contributed by atoms with Crippen molar-refractivity contribution in [2.24, 2.45) is 0 Å². The van der Waals surface area contributed by atoms with Crippen molar-refractivity contribution >= 4 is 32.9 Å². The van der Waals surface area contributed by atoms with Crippen LogP contribution in [0, 0.1) is 17.0 Å². The first kappa shape index (κ1) is 13.4. The average Bonchev–Trinajstić information content (AvgIpc) is 2.84. The number of hydrogen-bond donors (Lipinski definition) is 1. The van der Waals surface area contributed by atoms with Gasteiger partial charge < -0.3 is 5.32 Å². The molecule has 0 aliphatic rings. The second kappa shape index (κ2) is 5.41. The maximum absolute atomic E-state index is 11.2. The predicted octanol–water partition coefficient (Wildman–Crippen LogP) is 2.92. The van der Waals surface area contributed by atoms with E-state index in [1.807, 2.05) is 6.92 Å². The third-order valence-corrected chi connectivity index (χ3v) is 3.83. The fourth-order valence-electron chi connectivity index (χ4n) is 1.98. The van der Waals surface area contributed by atoms with E-state index in [0.717, 1.165) is 15.2 Å². The maximum atomic E-state index is 11.2. The molecule has 0 saturated heterocycles. The Bertz CT molecular complexity index is 803. The molecule has 0 fully saturated rings. The monoisotopic (exact) mass is 301 g/mol. The molecule has 0 atom stereocenters. The second-order valence-electron chi connectivity index (χ2n) is 4.40. The number of nitrogens with one attached hydrogen (secondary N) is 1. The minimum Gasteiger partial charge on any atom is -0.374 e. The van der Waals surface area contributed by atoms with Crippen LogP contribution >= 0.6 is 11.3 Å². The van der Waals surface area contributed by atoms with E-state index in [-0.39, 0.29) is 5.69 Å². The number of nitrogens with zero attached hydrogens (tertiary/aromatic N) is 4. The van der Waals surface area contributed by atoms with E-state index in [1.54, 1.807) is 30.5 Å². The highest BCUT2D eigenvalue weighted by Gasteiger charge is 2.17. The van der Waals surface area contributed by atoms with Gasteiger partial charge in [-0.05, 0) is 25.1 Å². The number of thiazole rings is 1. The van der Waals surface area contributed by atoms with Crippen LogP contribution in [0.2, 0.25) is 0 Å². The Morgan fingerprint density at radius 2 is 2.29 bits per heavy atom. The van der Waals surface area contributed by atoms with Gasteiger partial charge in [0.05, 0.1) is 32.4 Å². The Morgan fingerprint density at radius 3 is 3.00 bits per heavy atom. The highest BCUT2D eigenvalue weighted by atomic mass is 32.1. The van der Waals surface area contributed by atoms with Gasteiger partial charge in [-0.25, -0.2) is 4.98 Å². The molecule has 106 valence electrons. The highest BCUT2D eigenvalue weighted by Crippen LogP contribution is 2.33. The van der Waals surface area contributed by atoms with Crippen molar-refractivity contribution in [1.82, 2.24) is 15.2 Å². The minimum absolute atomic E-state index is 0.0371. The van der Waals surface area contributed by atoms with Gasteiger partial charge in [0.15, 0.2) is 0 Å². The molecular formula is C13H11N5O2S. The van der Waals surface area contributed by atoms with Gasteiger partial charge in [0.2, 0.25) is 0 Å². The summed E-state index contributed by atoms with van der Waals surface area (Å²) in [6, 6.07) is 6.83. The Balaban J connectivity index is 1.95. The van der Waals surface area contributed by atoms with E-state index in [1.165, 1.54) is 11.3 Å². The number of nitro groups is 1. The van der Waals surface area contributed by atoms with Gasteiger partial charge in [-0.2, -0.15) is 10.2 Å². The van der Waals surface area contributed by atoms with Crippen molar-refractivity contribution in [1.29, 1.82) is 0 Å². The molecule has 0 spiro atoms. The van der Waals surface area contributed by atoms with Gasteiger partial charge in [0.25, 0.3) is 5.69 Å². The van der Waals surface area contributed by atoms with Crippen LogP contribution in [0.1, 0.15) is 10.7 Å². The molecular weight excluding hydrogens is 290 g/mol. The van der Waals surface area contributed by atoms with Crippen molar-refractivity contribution in [2.45, 2.75) is 13.5 Å². The van der Waals surface area contributed by atoms with Gasteiger partial charge in [0, 0.05) is 12.3 Å². The molecule has 7 nitrogen and oxygen atoms in total. The SMILES string of the molecule is Cc1nc2cc(NCc3cccnn3)c([N+](=O)[O-])cc2s1. The molecule has 2 aromatic heterocycles. The number of anilines is 1. The summed E-state index contributed by atoms with van der Waals surface area (Å²) in [7, 11) is 0. The summed E-state index contributed by atoms with van der Waals surface area (Å²) in [6.45, 7) is 2.24. The van der Waals surface area contributed by atoms with E-state index < -0.39 is 4.92 Å². The highest BCUT2D eigenvalue weighted by molar-refractivity contribution is 7.18. The molecule has 0 saturated carbocycles. The lowest BCUT2D eigenvalue weighted by atomic mass is 10.2. The third-order valence-electron chi connectivity index (χ3n) is 2.90. The zero-order chi connectivity index (χ0) is 14.8. The van der Waals surface area contributed by atoms with Gasteiger partial charge in [0.1, 0.15) is 5.69 Å². The van der Waals surface area contributed by atoms with Crippen molar-refractivity contribution in [3.63, 3.8) is 0 Å². The quantitative estimate of drug-likeness (QED) is 0.588.